The van der Waals surface area contributed by atoms with Gasteiger partial charge in [-0.15, -0.1) is 0 Å². The molecule has 0 saturated heterocycles. The summed E-state index contributed by atoms with van der Waals surface area (Å²) in [5.74, 6) is 1.41. The molecule has 0 fully saturated rings. The van der Waals surface area contributed by atoms with Crippen LogP contribution in [0.25, 0.3) is 77.3 Å². The van der Waals surface area contributed by atoms with Crippen molar-refractivity contribution in [2.75, 3.05) is 0 Å². The lowest BCUT2D eigenvalue weighted by Crippen LogP contribution is -2.33. The van der Waals surface area contributed by atoms with E-state index in [4.69, 9.17) is 18.8 Å². The lowest BCUT2D eigenvalue weighted by atomic mass is 9.97. The molecule has 1 aliphatic heterocycles. The molecule has 1 aliphatic rings. The largest absolute Gasteiger partial charge is 0.456 e. The average molecular weight is 720 g/mol. The van der Waals surface area contributed by atoms with E-state index >= 15 is 0 Å². The number of hydrogen-bond donors (Lipinski definition) is 1. The number of benzene rings is 8. The van der Waals surface area contributed by atoms with E-state index in [0.717, 1.165) is 83.1 Å². The molecule has 2 aromatic heterocycles. The van der Waals surface area contributed by atoms with Gasteiger partial charge in [-0.05, 0) is 57.6 Å². The van der Waals surface area contributed by atoms with Gasteiger partial charge >= 0.3 is 0 Å². The van der Waals surface area contributed by atoms with Crippen LogP contribution in [0.4, 0.5) is 0 Å². The van der Waals surface area contributed by atoms with Crippen molar-refractivity contribution in [3.8, 4) is 33.4 Å². The molecule has 0 aliphatic carbocycles. The van der Waals surface area contributed by atoms with Gasteiger partial charge in [0, 0.05) is 38.2 Å². The van der Waals surface area contributed by atoms with Gasteiger partial charge in [0.05, 0.1) is 0 Å². The number of hydrogen-bond acceptors (Lipinski definition) is 5. The molecule has 0 radical (unpaired) electrons. The van der Waals surface area contributed by atoms with Crippen molar-refractivity contribution in [2.45, 2.75) is 6.17 Å². The first kappa shape index (κ1) is 32.0. The summed E-state index contributed by atoms with van der Waals surface area (Å²) in [6.07, 6.45) is -0.382. The van der Waals surface area contributed by atoms with Crippen LogP contribution in [-0.2, 0) is 0 Å². The maximum atomic E-state index is 6.71. The third kappa shape index (κ3) is 5.48. The van der Waals surface area contributed by atoms with Crippen LogP contribution >= 0.6 is 0 Å². The Balaban J connectivity index is 0.992. The molecule has 0 unspecified atom stereocenters. The Morgan fingerprint density at radius 2 is 0.982 bits per heavy atom. The molecule has 3 heterocycles. The number of amidine groups is 2. The van der Waals surface area contributed by atoms with Crippen LogP contribution in [0.2, 0.25) is 0 Å². The fourth-order valence-electron chi connectivity index (χ4n) is 7.99. The summed E-state index contributed by atoms with van der Waals surface area (Å²) < 4.78 is 12.9. The van der Waals surface area contributed by atoms with E-state index in [1.807, 2.05) is 60.7 Å². The van der Waals surface area contributed by atoms with Crippen LogP contribution in [0.1, 0.15) is 22.9 Å². The summed E-state index contributed by atoms with van der Waals surface area (Å²) in [4.78, 5) is 10.5. The molecule has 11 rings (SSSR count). The average Bonchev–Trinajstić information content (AvgIpc) is 3.85. The van der Waals surface area contributed by atoms with E-state index in [-0.39, 0.29) is 6.17 Å². The molecule has 10 aromatic rings. The number of fused-ring (bicyclic) bond motifs is 6. The van der Waals surface area contributed by atoms with Gasteiger partial charge in [-0.2, -0.15) is 0 Å². The molecule has 5 nitrogen and oxygen atoms in total. The zero-order valence-corrected chi connectivity index (χ0v) is 30.2. The molecule has 1 atom stereocenters. The summed E-state index contributed by atoms with van der Waals surface area (Å²) in [5.41, 5.74) is 13.2. The lowest BCUT2D eigenvalue weighted by molar-refractivity contribution is 0.663. The summed E-state index contributed by atoms with van der Waals surface area (Å²) in [6.45, 7) is 0. The zero-order valence-electron chi connectivity index (χ0n) is 30.2. The van der Waals surface area contributed by atoms with Gasteiger partial charge in [-0.1, -0.05) is 164 Å². The summed E-state index contributed by atoms with van der Waals surface area (Å²) in [5, 5.41) is 7.79. The van der Waals surface area contributed by atoms with E-state index in [1.165, 1.54) is 16.7 Å². The molecule has 5 heteroatoms. The third-order valence-corrected chi connectivity index (χ3v) is 10.8. The van der Waals surface area contributed by atoms with E-state index in [0.29, 0.717) is 5.84 Å². The van der Waals surface area contributed by atoms with E-state index in [2.05, 4.69) is 133 Å². The van der Waals surface area contributed by atoms with Gasteiger partial charge in [0.2, 0.25) is 0 Å². The minimum absolute atomic E-state index is 0.382. The lowest BCUT2D eigenvalue weighted by Gasteiger charge is -2.24. The number of para-hydroxylation sites is 2. The Morgan fingerprint density at radius 1 is 0.411 bits per heavy atom. The molecular weight excluding hydrogens is 687 g/mol. The van der Waals surface area contributed by atoms with Gasteiger partial charge in [0.25, 0.3) is 0 Å². The van der Waals surface area contributed by atoms with Crippen molar-refractivity contribution < 1.29 is 8.83 Å². The Labute approximate surface area is 322 Å². The second-order valence-electron chi connectivity index (χ2n) is 14.2. The highest BCUT2D eigenvalue weighted by Gasteiger charge is 2.25. The van der Waals surface area contributed by atoms with Crippen molar-refractivity contribution in [3.05, 3.63) is 205 Å². The second kappa shape index (κ2) is 13.1. The number of nitrogens with zero attached hydrogens (tertiary/aromatic N) is 2. The first-order valence-corrected chi connectivity index (χ1v) is 18.8. The standard InChI is InChI=1S/C51H33N3O2/c1-3-11-32(12-4-1)33-21-23-34(24-22-33)35-25-27-36(28-26-35)39-16-9-17-41-47-42(18-10-20-46(47)56-48(39)41)51-53-49(37-13-5-2-6-14-37)52-50(54-51)38-29-30-45-43(31-38)40-15-7-8-19-44(40)55-45/h1-31,50H,(H,52,53,54)/t50-/m0/s1. The van der Waals surface area contributed by atoms with Gasteiger partial charge in [-0.3, -0.25) is 0 Å². The predicted octanol–water partition coefficient (Wildman–Crippen LogP) is 13.0. The van der Waals surface area contributed by atoms with Crippen LogP contribution in [-0.4, -0.2) is 11.7 Å². The fourth-order valence-corrected chi connectivity index (χ4v) is 7.99. The SMILES string of the molecule is c1ccc(C2=NC(c3cccc4oc5c(-c6ccc(-c7ccc(-c8ccccc8)cc7)cc6)cccc5c34)=N[C@@H](c3ccc4oc5ccccc5c4c3)N2)cc1. The molecular formula is C51H33N3O2. The Hall–Kier alpha value is -7.50. The van der Waals surface area contributed by atoms with Crippen molar-refractivity contribution in [1.29, 1.82) is 0 Å². The van der Waals surface area contributed by atoms with Crippen molar-refractivity contribution in [3.63, 3.8) is 0 Å². The molecule has 8 aromatic carbocycles. The van der Waals surface area contributed by atoms with E-state index in [9.17, 15) is 0 Å². The molecule has 0 spiro atoms. The highest BCUT2D eigenvalue weighted by atomic mass is 16.3. The summed E-state index contributed by atoms with van der Waals surface area (Å²) in [6, 6.07) is 65.2. The summed E-state index contributed by atoms with van der Waals surface area (Å²) >= 11 is 0. The predicted molar refractivity (Wildman–Crippen MR) is 229 cm³/mol. The monoisotopic (exact) mass is 719 g/mol. The Kier molecular flexibility index (Phi) is 7.49. The first-order valence-electron chi connectivity index (χ1n) is 18.8. The summed E-state index contributed by atoms with van der Waals surface area (Å²) in [7, 11) is 0. The molecule has 264 valence electrons. The topological polar surface area (TPSA) is 63.0 Å². The molecule has 56 heavy (non-hydrogen) atoms. The number of rotatable bonds is 6. The van der Waals surface area contributed by atoms with Crippen LogP contribution < -0.4 is 5.32 Å². The van der Waals surface area contributed by atoms with Crippen molar-refractivity contribution >= 4 is 55.5 Å². The van der Waals surface area contributed by atoms with Gasteiger partial charge in [0.1, 0.15) is 34.3 Å². The third-order valence-electron chi connectivity index (χ3n) is 10.8. The maximum absolute atomic E-state index is 6.71. The van der Waals surface area contributed by atoms with Crippen molar-refractivity contribution in [1.82, 2.24) is 5.32 Å². The molecule has 0 amide bonds. The van der Waals surface area contributed by atoms with Gasteiger partial charge < -0.3 is 14.2 Å². The minimum atomic E-state index is -0.382. The van der Waals surface area contributed by atoms with Crippen LogP contribution in [0.15, 0.2) is 207 Å². The second-order valence-corrected chi connectivity index (χ2v) is 14.2. The highest BCUT2D eigenvalue weighted by Crippen LogP contribution is 2.39. The van der Waals surface area contributed by atoms with Gasteiger partial charge in [-0.25, -0.2) is 9.98 Å². The quantitative estimate of drug-likeness (QED) is 0.186. The number of furan rings is 2. The first-order chi connectivity index (χ1) is 27.7. The minimum Gasteiger partial charge on any atom is -0.456 e. The van der Waals surface area contributed by atoms with Crippen LogP contribution in [0.5, 0.6) is 0 Å². The Morgan fingerprint density at radius 3 is 1.73 bits per heavy atom. The van der Waals surface area contributed by atoms with E-state index in [1.54, 1.807) is 0 Å². The van der Waals surface area contributed by atoms with Crippen molar-refractivity contribution in [2.24, 2.45) is 9.98 Å². The fraction of sp³-hybridized carbons (Fsp3) is 0.0196. The zero-order chi connectivity index (χ0) is 37.0. The van der Waals surface area contributed by atoms with E-state index < -0.39 is 0 Å². The molecule has 0 bridgehead atoms. The molecule has 0 saturated carbocycles. The maximum Gasteiger partial charge on any atom is 0.160 e. The smallest absolute Gasteiger partial charge is 0.160 e. The normalized spacial score (nSPS) is 14.2. The highest BCUT2D eigenvalue weighted by molar-refractivity contribution is 6.23. The Bertz CT molecular complexity index is 3140. The van der Waals surface area contributed by atoms with Crippen LogP contribution in [0.3, 0.4) is 0 Å². The van der Waals surface area contributed by atoms with Gasteiger partial charge in [0.15, 0.2) is 5.84 Å². The molecule has 1 N–H and O–H groups in total. The van der Waals surface area contributed by atoms with Crippen LogP contribution in [0, 0.1) is 0 Å². The number of nitrogens with one attached hydrogen (secondary N) is 1. The number of aliphatic imine (C=N–C) groups is 2.